The molecule has 0 saturated heterocycles. The molecule has 2 amide bonds. The van der Waals surface area contributed by atoms with Gasteiger partial charge in [0.1, 0.15) is 12.3 Å². The number of para-hydroxylation sites is 1. The SMILES string of the molecule is CCCCNC(=O)c1ccccc1NC(=O)CN(c1ccc(OCC)cc1)S(=O)(=O)c1ccc(SC)cc1. The number of nitrogens with zero attached hydrogens (tertiary/aromatic N) is 1. The molecule has 0 atom stereocenters. The Kier molecular flexibility index (Phi) is 10.6. The zero-order valence-electron chi connectivity index (χ0n) is 21.8. The first-order valence-electron chi connectivity index (χ1n) is 12.4. The number of carbonyl (C=O) groups is 2. The maximum Gasteiger partial charge on any atom is 0.264 e. The van der Waals surface area contributed by atoms with Crippen molar-refractivity contribution in [2.45, 2.75) is 36.5 Å². The van der Waals surface area contributed by atoms with Crippen LogP contribution in [0.1, 0.15) is 37.0 Å². The van der Waals surface area contributed by atoms with E-state index in [0.717, 1.165) is 22.0 Å². The molecule has 3 aromatic carbocycles. The molecule has 0 aliphatic carbocycles. The van der Waals surface area contributed by atoms with Gasteiger partial charge in [0.2, 0.25) is 5.91 Å². The van der Waals surface area contributed by atoms with Crippen LogP contribution < -0.4 is 19.7 Å². The summed E-state index contributed by atoms with van der Waals surface area (Å²) >= 11 is 1.50. The third-order valence-electron chi connectivity index (χ3n) is 5.63. The van der Waals surface area contributed by atoms with Crippen molar-refractivity contribution in [3.05, 3.63) is 78.4 Å². The average Bonchev–Trinajstić information content (AvgIpc) is 2.93. The van der Waals surface area contributed by atoms with E-state index in [9.17, 15) is 18.0 Å². The molecule has 3 aromatic rings. The van der Waals surface area contributed by atoms with Gasteiger partial charge in [0.25, 0.3) is 15.9 Å². The number of unbranched alkanes of at least 4 members (excludes halogenated alkanes) is 1. The van der Waals surface area contributed by atoms with Crippen molar-refractivity contribution in [3.8, 4) is 5.75 Å². The van der Waals surface area contributed by atoms with Crippen LogP contribution >= 0.6 is 11.8 Å². The number of hydrogen-bond acceptors (Lipinski definition) is 6. The number of amides is 2. The molecule has 2 N–H and O–H groups in total. The Morgan fingerprint density at radius 2 is 1.63 bits per heavy atom. The number of sulfonamides is 1. The second-order valence-corrected chi connectivity index (χ2v) is 11.1. The van der Waals surface area contributed by atoms with Gasteiger partial charge in [-0.15, -0.1) is 11.8 Å². The summed E-state index contributed by atoms with van der Waals surface area (Å²) < 4.78 is 33.9. The molecule has 0 radical (unpaired) electrons. The molecule has 8 nitrogen and oxygen atoms in total. The van der Waals surface area contributed by atoms with Crippen molar-refractivity contribution in [1.29, 1.82) is 0 Å². The quantitative estimate of drug-likeness (QED) is 0.223. The lowest BCUT2D eigenvalue weighted by Crippen LogP contribution is -2.38. The first-order valence-corrected chi connectivity index (χ1v) is 15.0. The summed E-state index contributed by atoms with van der Waals surface area (Å²) in [4.78, 5) is 26.8. The van der Waals surface area contributed by atoms with Gasteiger partial charge in [-0.2, -0.15) is 0 Å². The van der Waals surface area contributed by atoms with Crippen LogP contribution in [0.2, 0.25) is 0 Å². The molecular formula is C28H33N3O5S2. The minimum absolute atomic E-state index is 0.0627. The van der Waals surface area contributed by atoms with E-state index < -0.39 is 22.5 Å². The van der Waals surface area contributed by atoms with E-state index in [4.69, 9.17) is 4.74 Å². The molecule has 0 aromatic heterocycles. The van der Waals surface area contributed by atoms with Gasteiger partial charge in [-0.3, -0.25) is 13.9 Å². The average molecular weight is 556 g/mol. The number of ether oxygens (including phenoxy) is 1. The van der Waals surface area contributed by atoms with Crippen molar-refractivity contribution in [2.24, 2.45) is 0 Å². The summed E-state index contributed by atoms with van der Waals surface area (Å²) in [6.07, 6.45) is 3.68. The Hall–Kier alpha value is -3.50. The number of thioether (sulfide) groups is 1. The Balaban J connectivity index is 1.90. The fourth-order valence-corrected chi connectivity index (χ4v) is 5.48. The van der Waals surface area contributed by atoms with Crippen LogP contribution in [0.5, 0.6) is 5.75 Å². The van der Waals surface area contributed by atoms with Crippen LogP contribution in [0, 0.1) is 0 Å². The van der Waals surface area contributed by atoms with Gasteiger partial charge in [-0.1, -0.05) is 25.5 Å². The normalized spacial score (nSPS) is 11.0. The van der Waals surface area contributed by atoms with Gasteiger partial charge in [0, 0.05) is 11.4 Å². The van der Waals surface area contributed by atoms with Crippen LogP contribution in [-0.2, 0) is 14.8 Å². The first-order chi connectivity index (χ1) is 18.3. The lowest BCUT2D eigenvalue weighted by Gasteiger charge is -2.24. The van der Waals surface area contributed by atoms with Crippen molar-refractivity contribution >= 4 is 45.0 Å². The molecule has 0 heterocycles. The summed E-state index contributed by atoms with van der Waals surface area (Å²) in [6, 6.07) is 19.6. The van der Waals surface area contributed by atoms with Gasteiger partial charge in [-0.25, -0.2) is 8.42 Å². The number of benzene rings is 3. The lowest BCUT2D eigenvalue weighted by atomic mass is 10.1. The van der Waals surface area contributed by atoms with Gasteiger partial charge < -0.3 is 15.4 Å². The van der Waals surface area contributed by atoms with E-state index >= 15 is 0 Å². The second-order valence-electron chi connectivity index (χ2n) is 8.32. The molecule has 0 aliphatic heterocycles. The first kappa shape index (κ1) is 29.1. The summed E-state index contributed by atoms with van der Waals surface area (Å²) in [7, 11) is -4.09. The van der Waals surface area contributed by atoms with Crippen LogP contribution in [0.25, 0.3) is 0 Å². The Labute approximate surface area is 228 Å². The number of anilines is 2. The lowest BCUT2D eigenvalue weighted by molar-refractivity contribution is -0.114. The van der Waals surface area contributed by atoms with Crippen LogP contribution in [0.4, 0.5) is 11.4 Å². The Bertz CT molecular complexity index is 1330. The fourth-order valence-electron chi connectivity index (χ4n) is 3.65. The van der Waals surface area contributed by atoms with Gasteiger partial charge in [0.15, 0.2) is 0 Å². The van der Waals surface area contributed by atoms with Crippen molar-refractivity contribution < 1.29 is 22.7 Å². The van der Waals surface area contributed by atoms with Crippen LogP contribution in [0.3, 0.4) is 0 Å². The smallest absolute Gasteiger partial charge is 0.264 e. The minimum Gasteiger partial charge on any atom is -0.494 e. The molecule has 0 unspecified atom stereocenters. The zero-order chi connectivity index (χ0) is 27.5. The van der Waals surface area contributed by atoms with E-state index in [-0.39, 0.29) is 10.8 Å². The van der Waals surface area contributed by atoms with E-state index in [2.05, 4.69) is 10.6 Å². The number of rotatable bonds is 13. The van der Waals surface area contributed by atoms with E-state index in [1.807, 2.05) is 20.1 Å². The molecule has 0 fully saturated rings. The monoisotopic (exact) mass is 555 g/mol. The van der Waals surface area contributed by atoms with E-state index in [0.29, 0.717) is 35.8 Å². The summed E-state index contributed by atoms with van der Waals surface area (Å²) in [5.41, 5.74) is 0.920. The highest BCUT2D eigenvalue weighted by Gasteiger charge is 2.28. The predicted molar refractivity (Wildman–Crippen MR) is 153 cm³/mol. The van der Waals surface area contributed by atoms with Crippen molar-refractivity contribution in [2.75, 3.05) is 35.6 Å². The van der Waals surface area contributed by atoms with Crippen molar-refractivity contribution in [3.63, 3.8) is 0 Å². The molecule has 0 aliphatic rings. The summed E-state index contributed by atoms with van der Waals surface area (Å²) in [5, 5.41) is 5.56. The predicted octanol–water partition coefficient (Wildman–Crippen LogP) is 5.17. The van der Waals surface area contributed by atoms with Gasteiger partial charge >= 0.3 is 0 Å². The summed E-state index contributed by atoms with van der Waals surface area (Å²) in [6.45, 7) is 4.39. The Morgan fingerprint density at radius 1 is 0.947 bits per heavy atom. The second kappa shape index (κ2) is 13.9. The summed E-state index contributed by atoms with van der Waals surface area (Å²) in [5.74, 6) is -0.304. The molecule has 3 rings (SSSR count). The molecular weight excluding hydrogens is 522 g/mol. The third kappa shape index (κ3) is 7.52. The molecule has 0 saturated carbocycles. The standard InChI is InChI=1S/C28H33N3O5S2/c1-4-6-19-29-28(33)25-9-7-8-10-26(25)30-27(32)20-31(21-11-13-22(14-12-21)36-5-2)38(34,35)24-17-15-23(37-3)16-18-24/h7-18H,4-6,19-20H2,1-3H3,(H,29,33)(H,30,32). The molecule has 202 valence electrons. The van der Waals surface area contributed by atoms with Crippen molar-refractivity contribution in [1.82, 2.24) is 5.32 Å². The number of carbonyl (C=O) groups excluding carboxylic acids is 2. The molecule has 38 heavy (non-hydrogen) atoms. The highest BCUT2D eigenvalue weighted by Crippen LogP contribution is 2.27. The van der Waals surface area contributed by atoms with Crippen LogP contribution in [0.15, 0.2) is 82.6 Å². The third-order valence-corrected chi connectivity index (χ3v) is 8.16. The minimum atomic E-state index is -4.09. The largest absolute Gasteiger partial charge is 0.494 e. The molecule has 10 heteroatoms. The van der Waals surface area contributed by atoms with E-state index in [1.165, 1.54) is 23.9 Å². The number of nitrogens with one attached hydrogen (secondary N) is 2. The maximum atomic E-state index is 13.7. The highest BCUT2D eigenvalue weighted by molar-refractivity contribution is 7.98. The van der Waals surface area contributed by atoms with Gasteiger partial charge in [0.05, 0.1) is 28.4 Å². The molecule has 0 spiro atoms. The number of hydrogen-bond donors (Lipinski definition) is 2. The fraction of sp³-hybridized carbons (Fsp3) is 0.286. The highest BCUT2D eigenvalue weighted by atomic mass is 32.2. The van der Waals surface area contributed by atoms with Crippen LogP contribution in [-0.4, -0.2) is 46.2 Å². The topological polar surface area (TPSA) is 105 Å². The Morgan fingerprint density at radius 3 is 2.26 bits per heavy atom. The zero-order valence-corrected chi connectivity index (χ0v) is 23.4. The maximum absolute atomic E-state index is 13.7. The van der Waals surface area contributed by atoms with E-state index in [1.54, 1.807) is 60.7 Å². The molecule has 0 bridgehead atoms. The van der Waals surface area contributed by atoms with Gasteiger partial charge in [-0.05, 0) is 80.3 Å².